The normalized spacial score (nSPS) is 17.1. The van der Waals surface area contributed by atoms with Gasteiger partial charge in [0.2, 0.25) is 0 Å². The Bertz CT molecular complexity index is 333. The van der Waals surface area contributed by atoms with Crippen molar-refractivity contribution in [3.8, 4) is 5.75 Å². The highest BCUT2D eigenvalue weighted by atomic mass is 16.5. The van der Waals surface area contributed by atoms with Gasteiger partial charge in [-0.3, -0.25) is 0 Å². The van der Waals surface area contributed by atoms with Gasteiger partial charge in [-0.05, 0) is 43.2 Å². The maximum absolute atomic E-state index is 5.99. The van der Waals surface area contributed by atoms with Crippen molar-refractivity contribution >= 4 is 0 Å². The fourth-order valence-corrected chi connectivity index (χ4v) is 1.73. The van der Waals surface area contributed by atoms with Crippen molar-refractivity contribution in [2.24, 2.45) is 11.7 Å². The van der Waals surface area contributed by atoms with E-state index in [2.05, 4.69) is 25.1 Å². The summed E-state index contributed by atoms with van der Waals surface area (Å²) in [6.07, 6.45) is 4.58. The lowest BCUT2D eigenvalue weighted by molar-refractivity contribution is 0.296. The summed E-state index contributed by atoms with van der Waals surface area (Å²) in [5.41, 5.74) is 7.23. The fourth-order valence-electron chi connectivity index (χ4n) is 1.73. The Morgan fingerprint density at radius 2 is 2.12 bits per heavy atom. The van der Waals surface area contributed by atoms with E-state index in [1.54, 1.807) is 0 Å². The predicted molar refractivity (Wildman–Crippen MR) is 66.6 cm³/mol. The summed E-state index contributed by atoms with van der Waals surface area (Å²) >= 11 is 0. The summed E-state index contributed by atoms with van der Waals surface area (Å²) in [5.74, 6) is 1.83. The van der Waals surface area contributed by atoms with Gasteiger partial charge in [0.25, 0.3) is 0 Å². The molecule has 1 atom stereocenters. The average molecular weight is 219 g/mol. The molecular weight excluding hydrogens is 198 g/mol. The zero-order chi connectivity index (χ0) is 11.4. The molecule has 0 saturated heterocycles. The number of nitrogens with two attached hydrogens (primary N) is 1. The molecule has 1 saturated carbocycles. The van der Waals surface area contributed by atoms with Crippen LogP contribution in [0.25, 0.3) is 0 Å². The molecule has 88 valence electrons. The van der Waals surface area contributed by atoms with E-state index in [4.69, 9.17) is 10.5 Å². The largest absolute Gasteiger partial charge is 0.493 e. The quantitative estimate of drug-likeness (QED) is 0.798. The molecule has 0 aliphatic heterocycles. The van der Waals surface area contributed by atoms with Crippen molar-refractivity contribution in [3.63, 3.8) is 0 Å². The molecule has 0 bridgehead atoms. The molecule has 0 aromatic heterocycles. The molecule has 0 amide bonds. The second kappa shape index (κ2) is 5.35. The highest BCUT2D eigenvalue weighted by Crippen LogP contribution is 2.30. The number of hydrogen-bond donors (Lipinski definition) is 1. The van der Waals surface area contributed by atoms with E-state index in [-0.39, 0.29) is 6.04 Å². The van der Waals surface area contributed by atoms with Crippen LogP contribution in [0.5, 0.6) is 5.75 Å². The van der Waals surface area contributed by atoms with Crippen molar-refractivity contribution in [2.75, 3.05) is 6.61 Å². The van der Waals surface area contributed by atoms with Crippen molar-refractivity contribution in [2.45, 2.75) is 38.6 Å². The smallest absolute Gasteiger partial charge is 0.122 e. The monoisotopic (exact) mass is 219 g/mol. The Kier molecular flexibility index (Phi) is 3.83. The van der Waals surface area contributed by atoms with Gasteiger partial charge in [-0.1, -0.05) is 25.1 Å². The molecule has 1 unspecified atom stereocenters. The molecule has 0 spiro atoms. The lowest BCUT2D eigenvalue weighted by atomic mass is 10.0. The van der Waals surface area contributed by atoms with E-state index in [0.29, 0.717) is 0 Å². The van der Waals surface area contributed by atoms with Crippen LogP contribution in [0.4, 0.5) is 0 Å². The molecule has 0 heterocycles. The minimum Gasteiger partial charge on any atom is -0.493 e. The molecule has 1 aromatic rings. The Labute approximate surface area is 97.8 Å². The second-order valence-electron chi connectivity index (χ2n) is 4.73. The molecule has 2 nitrogen and oxygen atoms in total. The lowest BCUT2D eigenvalue weighted by Gasteiger charge is -2.14. The van der Waals surface area contributed by atoms with E-state index < -0.39 is 0 Å². The Hall–Kier alpha value is -1.02. The molecule has 0 radical (unpaired) electrons. The molecule has 16 heavy (non-hydrogen) atoms. The maximum atomic E-state index is 5.99. The minimum atomic E-state index is 0.241. The summed E-state index contributed by atoms with van der Waals surface area (Å²) in [5, 5.41) is 0. The first kappa shape index (κ1) is 11.5. The Morgan fingerprint density at radius 1 is 1.38 bits per heavy atom. The van der Waals surface area contributed by atoms with Gasteiger partial charge in [0, 0.05) is 6.04 Å². The summed E-state index contributed by atoms with van der Waals surface area (Å²) in [6.45, 7) is 3.00. The van der Waals surface area contributed by atoms with Crippen LogP contribution in [0.15, 0.2) is 24.3 Å². The van der Waals surface area contributed by atoms with Crippen molar-refractivity contribution in [3.05, 3.63) is 29.8 Å². The van der Waals surface area contributed by atoms with Gasteiger partial charge >= 0.3 is 0 Å². The zero-order valence-electron chi connectivity index (χ0n) is 9.99. The van der Waals surface area contributed by atoms with Crippen LogP contribution in [0, 0.1) is 5.92 Å². The van der Waals surface area contributed by atoms with Gasteiger partial charge in [0.15, 0.2) is 0 Å². The van der Waals surface area contributed by atoms with Crippen LogP contribution >= 0.6 is 0 Å². The van der Waals surface area contributed by atoms with E-state index in [1.807, 2.05) is 6.07 Å². The third kappa shape index (κ3) is 3.24. The van der Waals surface area contributed by atoms with Gasteiger partial charge in [-0.25, -0.2) is 0 Å². The molecule has 1 aliphatic carbocycles. The van der Waals surface area contributed by atoms with Crippen LogP contribution in [0.2, 0.25) is 0 Å². The molecule has 2 rings (SSSR count). The number of benzene rings is 1. The molecule has 1 fully saturated rings. The van der Waals surface area contributed by atoms with Gasteiger partial charge in [0.1, 0.15) is 5.75 Å². The summed E-state index contributed by atoms with van der Waals surface area (Å²) < 4.78 is 5.85. The van der Waals surface area contributed by atoms with Gasteiger partial charge < -0.3 is 10.5 Å². The standard InChI is InChI=1S/C14H21NO/c1-2-13(15)9-12-5-3-4-6-14(12)16-10-11-7-8-11/h3-6,11,13H,2,7-10,15H2,1H3. The van der Waals surface area contributed by atoms with Gasteiger partial charge in [-0.15, -0.1) is 0 Å². The molecule has 1 aromatic carbocycles. The van der Waals surface area contributed by atoms with E-state index in [9.17, 15) is 0 Å². The number of para-hydroxylation sites is 1. The lowest BCUT2D eigenvalue weighted by Crippen LogP contribution is -2.21. The predicted octanol–water partition coefficient (Wildman–Crippen LogP) is 2.76. The Balaban J connectivity index is 1.97. The number of hydrogen-bond acceptors (Lipinski definition) is 2. The topological polar surface area (TPSA) is 35.2 Å². The van der Waals surface area contributed by atoms with Crippen molar-refractivity contribution in [1.82, 2.24) is 0 Å². The van der Waals surface area contributed by atoms with Crippen LogP contribution < -0.4 is 10.5 Å². The minimum absolute atomic E-state index is 0.241. The van der Waals surface area contributed by atoms with Crippen LogP contribution in [-0.4, -0.2) is 12.6 Å². The second-order valence-corrected chi connectivity index (χ2v) is 4.73. The fraction of sp³-hybridized carbons (Fsp3) is 0.571. The van der Waals surface area contributed by atoms with Crippen LogP contribution in [-0.2, 0) is 6.42 Å². The first-order chi connectivity index (χ1) is 7.79. The SMILES string of the molecule is CCC(N)Cc1ccccc1OCC1CC1. The highest BCUT2D eigenvalue weighted by Gasteiger charge is 2.22. The van der Waals surface area contributed by atoms with Crippen molar-refractivity contribution < 1.29 is 4.74 Å². The van der Waals surface area contributed by atoms with E-state index in [1.165, 1.54) is 18.4 Å². The zero-order valence-corrected chi connectivity index (χ0v) is 9.99. The third-order valence-corrected chi connectivity index (χ3v) is 3.15. The summed E-state index contributed by atoms with van der Waals surface area (Å²) in [6, 6.07) is 8.51. The average Bonchev–Trinajstić information content (AvgIpc) is 3.11. The van der Waals surface area contributed by atoms with Crippen molar-refractivity contribution in [1.29, 1.82) is 0 Å². The van der Waals surface area contributed by atoms with Crippen LogP contribution in [0.1, 0.15) is 31.7 Å². The molecular formula is C14H21NO. The molecule has 2 N–H and O–H groups in total. The maximum Gasteiger partial charge on any atom is 0.122 e. The number of ether oxygens (including phenoxy) is 1. The Morgan fingerprint density at radius 3 is 2.81 bits per heavy atom. The van der Waals surface area contributed by atoms with E-state index in [0.717, 1.165) is 31.1 Å². The first-order valence-electron chi connectivity index (χ1n) is 6.26. The molecule has 1 aliphatic rings. The van der Waals surface area contributed by atoms with E-state index >= 15 is 0 Å². The van der Waals surface area contributed by atoms with Crippen LogP contribution in [0.3, 0.4) is 0 Å². The molecule has 2 heteroatoms. The summed E-state index contributed by atoms with van der Waals surface area (Å²) in [4.78, 5) is 0. The van der Waals surface area contributed by atoms with Gasteiger partial charge in [0.05, 0.1) is 6.61 Å². The van der Waals surface area contributed by atoms with Gasteiger partial charge in [-0.2, -0.15) is 0 Å². The highest BCUT2D eigenvalue weighted by molar-refractivity contribution is 5.34. The number of rotatable bonds is 6. The first-order valence-corrected chi connectivity index (χ1v) is 6.26. The summed E-state index contributed by atoms with van der Waals surface area (Å²) in [7, 11) is 0. The third-order valence-electron chi connectivity index (χ3n) is 3.15.